The molecule has 2 aromatic carbocycles. The number of nitrogens with zero attached hydrogens (tertiary/aromatic N) is 1. The molecule has 0 unspecified atom stereocenters. The zero-order valence-corrected chi connectivity index (χ0v) is 16.7. The van der Waals surface area contributed by atoms with E-state index in [1.165, 1.54) is 0 Å². The first-order valence-electron chi connectivity index (χ1n) is 10.1. The van der Waals surface area contributed by atoms with Crippen LogP contribution in [0.3, 0.4) is 0 Å². The van der Waals surface area contributed by atoms with Crippen molar-refractivity contribution in [2.75, 3.05) is 16.8 Å². The van der Waals surface area contributed by atoms with Gasteiger partial charge in [0.2, 0.25) is 11.8 Å². The molecule has 5 heteroatoms. The molecule has 2 aromatic rings. The highest BCUT2D eigenvalue weighted by Crippen LogP contribution is 2.42. The number of rotatable bonds is 4. The highest BCUT2D eigenvalue weighted by atomic mass is 35.5. The molecule has 2 amide bonds. The van der Waals surface area contributed by atoms with Crippen molar-refractivity contribution in [3.8, 4) is 0 Å². The number of carbonyl (C=O) groups is 2. The maximum Gasteiger partial charge on any atom is 0.235 e. The van der Waals surface area contributed by atoms with Gasteiger partial charge in [-0.25, -0.2) is 0 Å². The first kappa shape index (κ1) is 19.0. The van der Waals surface area contributed by atoms with Gasteiger partial charge in [-0.3, -0.25) is 9.59 Å². The zero-order chi connectivity index (χ0) is 19.6. The van der Waals surface area contributed by atoms with Crippen LogP contribution in [0.25, 0.3) is 0 Å². The second kappa shape index (κ2) is 7.96. The fraction of sp³-hybridized carbons (Fsp3) is 0.391. The Morgan fingerprint density at radius 3 is 2.25 bits per heavy atom. The summed E-state index contributed by atoms with van der Waals surface area (Å²) in [5.41, 5.74) is 2.20. The molecular formula is C23H25ClN2O2. The van der Waals surface area contributed by atoms with Crippen LogP contribution in [0.2, 0.25) is 5.02 Å². The van der Waals surface area contributed by atoms with Crippen LogP contribution in [0, 0.1) is 0 Å². The second-order valence-electron chi connectivity index (χ2n) is 7.80. The first-order chi connectivity index (χ1) is 13.6. The molecule has 1 aliphatic carbocycles. The van der Waals surface area contributed by atoms with Gasteiger partial charge in [0.1, 0.15) is 0 Å². The van der Waals surface area contributed by atoms with Crippen LogP contribution in [0.1, 0.15) is 50.5 Å². The van der Waals surface area contributed by atoms with Crippen molar-refractivity contribution in [2.45, 2.75) is 50.4 Å². The molecule has 146 valence electrons. The number of piperidine rings is 1. The summed E-state index contributed by atoms with van der Waals surface area (Å²) in [6.45, 7) is 0.768. The van der Waals surface area contributed by atoms with Crippen LogP contribution in [0.4, 0.5) is 11.4 Å². The van der Waals surface area contributed by atoms with Gasteiger partial charge >= 0.3 is 0 Å². The van der Waals surface area contributed by atoms with E-state index in [0.29, 0.717) is 11.4 Å². The summed E-state index contributed by atoms with van der Waals surface area (Å²) in [6.07, 6.45) is 6.41. The lowest BCUT2D eigenvalue weighted by Gasteiger charge is -2.29. The third kappa shape index (κ3) is 3.66. The second-order valence-corrected chi connectivity index (χ2v) is 8.24. The van der Waals surface area contributed by atoms with Gasteiger partial charge in [-0.1, -0.05) is 36.6 Å². The highest BCUT2D eigenvalue weighted by Gasteiger charge is 2.42. The largest absolute Gasteiger partial charge is 0.325 e. The summed E-state index contributed by atoms with van der Waals surface area (Å²) in [5.74, 6) is 0.213. The number of amides is 2. The number of carbonyl (C=O) groups excluding carboxylic acids is 2. The molecule has 1 N–H and O–H groups in total. The van der Waals surface area contributed by atoms with E-state index < -0.39 is 5.41 Å². The molecule has 2 fully saturated rings. The Bertz CT molecular complexity index is 855. The Morgan fingerprint density at radius 1 is 0.929 bits per heavy atom. The molecule has 0 aromatic heterocycles. The molecule has 1 aliphatic heterocycles. The molecule has 0 spiro atoms. The number of nitrogens with one attached hydrogen (secondary N) is 1. The van der Waals surface area contributed by atoms with E-state index in [9.17, 15) is 9.59 Å². The van der Waals surface area contributed by atoms with E-state index in [1.54, 1.807) is 0 Å². The molecule has 0 radical (unpaired) electrons. The van der Waals surface area contributed by atoms with Crippen LogP contribution in [-0.2, 0) is 15.0 Å². The van der Waals surface area contributed by atoms with Crippen LogP contribution in [0.15, 0.2) is 48.5 Å². The summed E-state index contributed by atoms with van der Waals surface area (Å²) in [4.78, 5) is 27.2. The summed E-state index contributed by atoms with van der Waals surface area (Å²) in [6, 6.07) is 15.3. The fourth-order valence-corrected chi connectivity index (χ4v) is 4.57. The van der Waals surface area contributed by atoms with E-state index in [1.807, 2.05) is 53.4 Å². The van der Waals surface area contributed by atoms with E-state index in [0.717, 1.165) is 62.0 Å². The Balaban J connectivity index is 1.52. The quantitative estimate of drug-likeness (QED) is 0.761. The van der Waals surface area contributed by atoms with Gasteiger partial charge in [-0.2, -0.15) is 0 Å². The van der Waals surface area contributed by atoms with Crippen LogP contribution in [-0.4, -0.2) is 18.4 Å². The number of halogens is 1. The third-order valence-corrected chi connectivity index (χ3v) is 6.30. The van der Waals surface area contributed by atoms with Gasteiger partial charge < -0.3 is 10.2 Å². The highest BCUT2D eigenvalue weighted by molar-refractivity contribution is 6.30. The van der Waals surface area contributed by atoms with Crippen LogP contribution >= 0.6 is 11.6 Å². The molecule has 1 saturated carbocycles. The number of benzene rings is 2. The van der Waals surface area contributed by atoms with Crippen molar-refractivity contribution in [3.05, 3.63) is 59.1 Å². The predicted molar refractivity (Wildman–Crippen MR) is 113 cm³/mol. The van der Waals surface area contributed by atoms with E-state index >= 15 is 0 Å². The minimum absolute atomic E-state index is 0.0362. The Morgan fingerprint density at radius 2 is 1.61 bits per heavy atom. The molecule has 1 heterocycles. The summed E-state index contributed by atoms with van der Waals surface area (Å²) < 4.78 is 0. The molecule has 0 bridgehead atoms. The lowest BCUT2D eigenvalue weighted by molar-refractivity contribution is -0.121. The van der Waals surface area contributed by atoms with Crippen LogP contribution in [0.5, 0.6) is 0 Å². The average Bonchev–Trinajstić information content (AvgIpc) is 3.21. The Hall–Kier alpha value is -2.33. The molecule has 28 heavy (non-hydrogen) atoms. The monoisotopic (exact) mass is 396 g/mol. The first-order valence-corrected chi connectivity index (χ1v) is 10.4. The smallest absolute Gasteiger partial charge is 0.235 e. The zero-order valence-electron chi connectivity index (χ0n) is 15.9. The van der Waals surface area contributed by atoms with Gasteiger partial charge in [-0.15, -0.1) is 0 Å². The predicted octanol–water partition coefficient (Wildman–Crippen LogP) is 5.31. The molecule has 4 nitrogen and oxygen atoms in total. The maximum absolute atomic E-state index is 13.3. The van der Waals surface area contributed by atoms with Crippen molar-refractivity contribution in [2.24, 2.45) is 0 Å². The van der Waals surface area contributed by atoms with E-state index in [2.05, 4.69) is 5.32 Å². The summed E-state index contributed by atoms with van der Waals surface area (Å²) >= 11 is 6.03. The van der Waals surface area contributed by atoms with Crippen molar-refractivity contribution < 1.29 is 9.59 Å². The Kier molecular flexibility index (Phi) is 5.40. The summed E-state index contributed by atoms with van der Waals surface area (Å²) in [5, 5.41) is 3.78. The topological polar surface area (TPSA) is 49.4 Å². The number of hydrogen-bond donors (Lipinski definition) is 1. The molecular weight excluding hydrogens is 372 g/mol. The fourth-order valence-electron chi connectivity index (χ4n) is 4.45. The van der Waals surface area contributed by atoms with E-state index in [-0.39, 0.29) is 11.8 Å². The maximum atomic E-state index is 13.3. The van der Waals surface area contributed by atoms with Crippen molar-refractivity contribution in [1.29, 1.82) is 0 Å². The minimum atomic E-state index is -0.494. The lowest BCUT2D eigenvalue weighted by atomic mass is 9.78. The van der Waals surface area contributed by atoms with Gasteiger partial charge in [0.15, 0.2) is 0 Å². The van der Waals surface area contributed by atoms with Crippen LogP contribution < -0.4 is 10.2 Å². The molecule has 1 saturated heterocycles. The molecule has 0 atom stereocenters. The number of anilines is 2. The van der Waals surface area contributed by atoms with Gasteiger partial charge in [0, 0.05) is 29.4 Å². The Labute approximate surface area is 170 Å². The lowest BCUT2D eigenvalue weighted by Crippen LogP contribution is -2.38. The third-order valence-electron chi connectivity index (χ3n) is 6.05. The van der Waals surface area contributed by atoms with E-state index in [4.69, 9.17) is 11.6 Å². The van der Waals surface area contributed by atoms with Crippen molar-refractivity contribution in [3.63, 3.8) is 0 Å². The molecule has 4 rings (SSSR count). The molecule has 2 aliphatic rings. The van der Waals surface area contributed by atoms with Crippen molar-refractivity contribution >= 4 is 34.8 Å². The number of hydrogen-bond acceptors (Lipinski definition) is 2. The standard InChI is InChI=1S/C23H25ClN2O2/c24-18-8-6-17(7-9-18)23(14-2-3-15-23)22(28)25-19-10-12-20(13-11-19)26-16-4-1-5-21(26)27/h6-13H,1-5,14-16H2,(H,25,28). The summed E-state index contributed by atoms with van der Waals surface area (Å²) in [7, 11) is 0. The average molecular weight is 397 g/mol. The van der Waals surface area contributed by atoms with Crippen molar-refractivity contribution in [1.82, 2.24) is 0 Å². The van der Waals surface area contributed by atoms with Gasteiger partial charge in [-0.05, 0) is 67.6 Å². The SMILES string of the molecule is O=C1CCCCN1c1ccc(NC(=O)C2(c3ccc(Cl)cc3)CCCC2)cc1. The minimum Gasteiger partial charge on any atom is -0.325 e. The van der Waals surface area contributed by atoms with Gasteiger partial charge in [0.25, 0.3) is 0 Å². The van der Waals surface area contributed by atoms with Gasteiger partial charge in [0.05, 0.1) is 5.41 Å². The normalized spacial score (nSPS) is 18.9.